The summed E-state index contributed by atoms with van der Waals surface area (Å²) >= 11 is 3.27. The van der Waals surface area contributed by atoms with E-state index in [9.17, 15) is 23.2 Å². The summed E-state index contributed by atoms with van der Waals surface area (Å²) in [5, 5.41) is 4.52. The van der Waals surface area contributed by atoms with Crippen molar-refractivity contribution in [1.29, 1.82) is 0 Å². The van der Waals surface area contributed by atoms with Gasteiger partial charge in [0.1, 0.15) is 16.0 Å². The Hall–Kier alpha value is -3.21. The summed E-state index contributed by atoms with van der Waals surface area (Å²) in [5.41, 5.74) is 0.119. The molecule has 0 aliphatic rings. The zero-order valence-electron chi connectivity index (χ0n) is 15.9. The molecule has 2 amide bonds. The molecule has 11 heteroatoms. The molecule has 0 saturated carbocycles. The van der Waals surface area contributed by atoms with E-state index in [0.29, 0.717) is 16.0 Å². The van der Waals surface area contributed by atoms with Gasteiger partial charge < -0.3 is 24.8 Å². The van der Waals surface area contributed by atoms with Crippen LogP contribution in [0.15, 0.2) is 34.8 Å². The molecule has 160 valence electrons. The summed E-state index contributed by atoms with van der Waals surface area (Å²) in [4.78, 5) is 35.7. The quantitative estimate of drug-likeness (QED) is 0.556. The van der Waals surface area contributed by atoms with Crippen molar-refractivity contribution < 1.29 is 37.4 Å². The maximum Gasteiger partial charge on any atom is 0.338 e. The summed E-state index contributed by atoms with van der Waals surface area (Å²) < 4.78 is 41.7. The molecule has 0 saturated heterocycles. The molecule has 2 aromatic carbocycles. The monoisotopic (exact) mass is 486 g/mol. The van der Waals surface area contributed by atoms with Gasteiger partial charge in [-0.1, -0.05) is 0 Å². The fraction of sp³-hybridized carbons (Fsp3) is 0.211. The van der Waals surface area contributed by atoms with Crippen molar-refractivity contribution in [2.24, 2.45) is 0 Å². The lowest BCUT2D eigenvalue weighted by atomic mass is 10.2. The molecule has 0 aliphatic carbocycles. The Morgan fingerprint density at radius 3 is 2.17 bits per heavy atom. The van der Waals surface area contributed by atoms with E-state index in [-0.39, 0.29) is 11.3 Å². The minimum Gasteiger partial charge on any atom is -0.495 e. The first-order valence-corrected chi connectivity index (χ1v) is 9.14. The number of hydrogen-bond donors (Lipinski definition) is 2. The van der Waals surface area contributed by atoms with E-state index in [4.69, 9.17) is 14.2 Å². The lowest BCUT2D eigenvalue weighted by Crippen LogP contribution is -2.35. The molecule has 0 unspecified atom stereocenters. The predicted octanol–water partition coefficient (Wildman–Crippen LogP) is 2.66. The molecule has 0 aliphatic heterocycles. The number of ether oxygens (including phenoxy) is 3. The van der Waals surface area contributed by atoms with Crippen molar-refractivity contribution in [1.82, 2.24) is 5.32 Å². The lowest BCUT2D eigenvalue weighted by molar-refractivity contribution is -0.126. The lowest BCUT2D eigenvalue weighted by Gasteiger charge is -2.11. The van der Waals surface area contributed by atoms with Crippen LogP contribution in [0.5, 0.6) is 11.5 Å². The third-order valence-corrected chi connectivity index (χ3v) is 4.45. The van der Waals surface area contributed by atoms with Crippen LogP contribution in [0.2, 0.25) is 0 Å². The van der Waals surface area contributed by atoms with Crippen molar-refractivity contribution >= 4 is 39.4 Å². The second-order valence-corrected chi connectivity index (χ2v) is 6.52. The Bertz CT molecular complexity index is 945. The van der Waals surface area contributed by atoms with Gasteiger partial charge in [-0.2, -0.15) is 0 Å². The Kier molecular flexibility index (Phi) is 8.10. The van der Waals surface area contributed by atoms with Gasteiger partial charge in [-0.15, -0.1) is 0 Å². The normalized spacial score (nSPS) is 10.2. The van der Waals surface area contributed by atoms with E-state index in [1.807, 2.05) is 0 Å². The van der Waals surface area contributed by atoms with Gasteiger partial charge in [0.25, 0.3) is 5.91 Å². The molecule has 2 rings (SSSR count). The molecule has 0 aromatic heterocycles. The number of methoxy groups -OCH3 is 2. The summed E-state index contributed by atoms with van der Waals surface area (Å²) in [6.07, 6.45) is 0. The van der Waals surface area contributed by atoms with Crippen LogP contribution in [0.25, 0.3) is 0 Å². The van der Waals surface area contributed by atoms with E-state index in [2.05, 4.69) is 26.6 Å². The van der Waals surface area contributed by atoms with E-state index in [1.165, 1.54) is 32.4 Å². The molecule has 2 N–H and O–H groups in total. The molecule has 0 bridgehead atoms. The minimum absolute atomic E-state index is 0.0257. The molecule has 30 heavy (non-hydrogen) atoms. The molecule has 8 nitrogen and oxygen atoms in total. The fourth-order valence-corrected chi connectivity index (χ4v) is 2.76. The fourth-order valence-electron chi connectivity index (χ4n) is 2.21. The zero-order valence-corrected chi connectivity index (χ0v) is 17.5. The number of nitrogens with one attached hydrogen (secondary N) is 2. The molecular formula is C19H17BrF2N2O6. The molecule has 0 atom stereocenters. The molecule has 0 heterocycles. The predicted molar refractivity (Wildman–Crippen MR) is 106 cm³/mol. The average molecular weight is 487 g/mol. The number of esters is 1. The second-order valence-electron chi connectivity index (χ2n) is 5.72. The third-order valence-electron chi connectivity index (χ3n) is 3.67. The average Bonchev–Trinajstić information content (AvgIpc) is 2.73. The first kappa shape index (κ1) is 23.1. The highest BCUT2D eigenvalue weighted by atomic mass is 79.9. The topological polar surface area (TPSA) is 103 Å². The Labute approximate surface area is 178 Å². The highest BCUT2D eigenvalue weighted by Gasteiger charge is 2.17. The standard InChI is InChI=1S/C19H17BrF2N2O6/c1-28-14-5-10(6-15(29-2)18(14)20)19(27)30-9-17(26)23-8-16(25)24-11-3-4-12(21)13(22)7-11/h3-7H,8-9H2,1-2H3,(H,23,26)(H,24,25). The van der Waals surface area contributed by atoms with Gasteiger partial charge in [0.2, 0.25) is 5.91 Å². The number of carbonyl (C=O) groups is 3. The number of carbonyl (C=O) groups excluding carboxylic acids is 3. The van der Waals surface area contributed by atoms with Crippen molar-refractivity contribution in [2.45, 2.75) is 0 Å². The number of rotatable bonds is 8. The molecule has 0 spiro atoms. The summed E-state index contributed by atoms with van der Waals surface area (Å²) in [6, 6.07) is 5.64. The highest BCUT2D eigenvalue weighted by molar-refractivity contribution is 9.10. The Balaban J connectivity index is 1.84. The van der Waals surface area contributed by atoms with Crippen molar-refractivity contribution in [3.63, 3.8) is 0 Å². The van der Waals surface area contributed by atoms with Crippen molar-refractivity contribution in [2.75, 3.05) is 32.7 Å². The van der Waals surface area contributed by atoms with Gasteiger partial charge in [-0.25, -0.2) is 13.6 Å². The summed E-state index contributed by atoms with van der Waals surface area (Å²) in [5.74, 6) is -3.73. The largest absolute Gasteiger partial charge is 0.495 e. The zero-order chi connectivity index (χ0) is 22.3. The Morgan fingerprint density at radius 2 is 1.60 bits per heavy atom. The van der Waals surface area contributed by atoms with E-state index in [0.717, 1.165) is 12.1 Å². The van der Waals surface area contributed by atoms with Gasteiger partial charge in [0.15, 0.2) is 18.2 Å². The van der Waals surface area contributed by atoms with Crippen LogP contribution in [-0.4, -0.2) is 45.2 Å². The minimum atomic E-state index is -1.12. The van der Waals surface area contributed by atoms with Crippen molar-refractivity contribution in [3.8, 4) is 11.5 Å². The molecule has 0 radical (unpaired) electrons. The summed E-state index contributed by atoms with van der Waals surface area (Å²) in [6.45, 7) is -1.10. The van der Waals surface area contributed by atoms with Gasteiger partial charge >= 0.3 is 5.97 Å². The summed E-state index contributed by atoms with van der Waals surface area (Å²) in [7, 11) is 2.82. The molecular weight excluding hydrogens is 470 g/mol. The molecule has 2 aromatic rings. The van der Waals surface area contributed by atoms with E-state index in [1.54, 1.807) is 0 Å². The van der Waals surface area contributed by atoms with Crippen LogP contribution >= 0.6 is 15.9 Å². The maximum absolute atomic E-state index is 13.1. The number of amides is 2. The van der Waals surface area contributed by atoms with E-state index >= 15 is 0 Å². The van der Waals surface area contributed by atoms with Crippen LogP contribution in [0.1, 0.15) is 10.4 Å². The first-order chi connectivity index (χ1) is 14.2. The van der Waals surface area contributed by atoms with Gasteiger partial charge in [-0.05, 0) is 40.2 Å². The highest BCUT2D eigenvalue weighted by Crippen LogP contribution is 2.35. The maximum atomic E-state index is 13.1. The van der Waals surface area contributed by atoms with E-state index < -0.39 is 42.6 Å². The van der Waals surface area contributed by atoms with Crippen molar-refractivity contribution in [3.05, 3.63) is 52.0 Å². The SMILES string of the molecule is COc1cc(C(=O)OCC(=O)NCC(=O)Nc2ccc(F)c(F)c2)cc(OC)c1Br. The van der Waals surface area contributed by atoms with Gasteiger partial charge in [0, 0.05) is 11.8 Å². The smallest absolute Gasteiger partial charge is 0.338 e. The molecule has 0 fully saturated rings. The Morgan fingerprint density at radius 1 is 0.967 bits per heavy atom. The third kappa shape index (κ3) is 6.14. The second kappa shape index (κ2) is 10.5. The van der Waals surface area contributed by atoms with Crippen LogP contribution < -0.4 is 20.1 Å². The first-order valence-electron chi connectivity index (χ1n) is 8.35. The van der Waals surface area contributed by atoms with Gasteiger partial charge in [0.05, 0.1) is 26.3 Å². The van der Waals surface area contributed by atoms with Crippen LogP contribution in [0.3, 0.4) is 0 Å². The van der Waals surface area contributed by atoms with Gasteiger partial charge in [-0.3, -0.25) is 9.59 Å². The number of hydrogen-bond acceptors (Lipinski definition) is 6. The number of benzene rings is 2. The van der Waals surface area contributed by atoms with Crippen LogP contribution in [0.4, 0.5) is 14.5 Å². The number of halogens is 3. The van der Waals surface area contributed by atoms with Crippen LogP contribution in [-0.2, 0) is 14.3 Å². The van der Waals surface area contributed by atoms with Crippen LogP contribution in [0, 0.1) is 11.6 Å². The number of anilines is 1.